The van der Waals surface area contributed by atoms with Crippen LogP contribution < -0.4 is 14.8 Å². The van der Waals surface area contributed by atoms with E-state index in [1.807, 2.05) is 39.0 Å². The Kier molecular flexibility index (Phi) is 6.91. The van der Waals surface area contributed by atoms with Crippen LogP contribution in [0.4, 0.5) is 11.5 Å². The third kappa shape index (κ3) is 5.61. The molecule has 0 aliphatic carbocycles. The minimum atomic E-state index is -3.78. The van der Waals surface area contributed by atoms with Gasteiger partial charge in [-0.1, -0.05) is 25.1 Å². The number of hydrogen-bond acceptors (Lipinski definition) is 5. The fraction of sp³-hybridized carbons (Fsp3) is 0.217. The first-order chi connectivity index (χ1) is 14.8. The van der Waals surface area contributed by atoms with Gasteiger partial charge in [0.1, 0.15) is 11.6 Å². The molecular weight excluding hydrogens is 414 g/mol. The molecule has 8 heteroatoms. The van der Waals surface area contributed by atoms with E-state index in [4.69, 9.17) is 4.74 Å². The highest BCUT2D eigenvalue weighted by Gasteiger charge is 2.20. The zero-order chi connectivity index (χ0) is 22.4. The lowest BCUT2D eigenvalue weighted by atomic mass is 10.1. The summed E-state index contributed by atoms with van der Waals surface area (Å²) in [6, 6.07) is 16.6. The highest BCUT2D eigenvalue weighted by atomic mass is 32.2. The molecule has 3 aromatic rings. The van der Waals surface area contributed by atoms with E-state index in [-0.39, 0.29) is 16.6 Å². The maximum Gasteiger partial charge on any atom is 0.265 e. The van der Waals surface area contributed by atoms with Crippen LogP contribution in [0.1, 0.15) is 24.5 Å². The minimum absolute atomic E-state index is 0.0647. The largest absolute Gasteiger partial charge is 0.480 e. The first-order valence-electron chi connectivity index (χ1n) is 9.88. The van der Waals surface area contributed by atoms with Crippen molar-refractivity contribution >= 4 is 27.4 Å². The van der Waals surface area contributed by atoms with Crippen LogP contribution in [0.2, 0.25) is 0 Å². The normalized spacial score (nSPS) is 12.1. The number of benzene rings is 2. The molecule has 0 radical (unpaired) electrons. The molecule has 1 amide bonds. The molecule has 1 aromatic heterocycles. The summed E-state index contributed by atoms with van der Waals surface area (Å²) in [5.74, 6) is 0.601. The van der Waals surface area contributed by atoms with Crippen LogP contribution in [0.15, 0.2) is 71.8 Å². The molecule has 0 fully saturated rings. The Morgan fingerprint density at radius 1 is 1.03 bits per heavy atom. The van der Waals surface area contributed by atoms with Crippen LogP contribution in [0.25, 0.3) is 0 Å². The van der Waals surface area contributed by atoms with Crippen molar-refractivity contribution in [1.29, 1.82) is 0 Å². The van der Waals surface area contributed by atoms with Gasteiger partial charge < -0.3 is 10.1 Å². The van der Waals surface area contributed by atoms with Gasteiger partial charge in [0.15, 0.2) is 6.10 Å². The zero-order valence-electron chi connectivity index (χ0n) is 17.6. The number of sulfonamides is 1. The molecule has 0 bridgehead atoms. The Labute approximate surface area is 182 Å². The molecule has 0 saturated carbocycles. The van der Waals surface area contributed by atoms with E-state index in [2.05, 4.69) is 15.0 Å². The van der Waals surface area contributed by atoms with Crippen molar-refractivity contribution in [3.05, 3.63) is 78.0 Å². The van der Waals surface area contributed by atoms with Crippen molar-refractivity contribution in [3.63, 3.8) is 0 Å². The fourth-order valence-corrected chi connectivity index (χ4v) is 3.90. The van der Waals surface area contributed by atoms with E-state index in [0.717, 1.165) is 11.1 Å². The van der Waals surface area contributed by atoms with E-state index < -0.39 is 16.1 Å². The van der Waals surface area contributed by atoms with Gasteiger partial charge in [0.2, 0.25) is 0 Å². The topological polar surface area (TPSA) is 97.4 Å². The van der Waals surface area contributed by atoms with Gasteiger partial charge in [0, 0.05) is 11.9 Å². The van der Waals surface area contributed by atoms with Crippen molar-refractivity contribution in [2.45, 2.75) is 38.2 Å². The number of ether oxygens (including phenoxy) is 1. The monoisotopic (exact) mass is 439 g/mol. The summed E-state index contributed by atoms with van der Waals surface area (Å²) in [6.45, 7) is 5.81. The summed E-state index contributed by atoms with van der Waals surface area (Å²) in [7, 11) is -3.78. The summed E-state index contributed by atoms with van der Waals surface area (Å²) < 4.78 is 33.3. The molecule has 31 heavy (non-hydrogen) atoms. The Balaban J connectivity index is 1.68. The highest BCUT2D eigenvalue weighted by molar-refractivity contribution is 7.92. The maximum atomic E-state index is 12.7. The molecule has 1 heterocycles. The summed E-state index contributed by atoms with van der Waals surface area (Å²) in [5.41, 5.74) is 2.55. The average molecular weight is 440 g/mol. The Morgan fingerprint density at radius 2 is 1.77 bits per heavy atom. The minimum Gasteiger partial charge on any atom is -0.480 e. The number of pyridine rings is 1. The van der Waals surface area contributed by atoms with Gasteiger partial charge in [0.25, 0.3) is 15.9 Å². The fourth-order valence-electron chi connectivity index (χ4n) is 2.89. The van der Waals surface area contributed by atoms with Crippen LogP contribution in [0, 0.1) is 13.8 Å². The summed E-state index contributed by atoms with van der Waals surface area (Å²) in [6.07, 6.45) is 1.32. The number of aryl methyl sites for hydroxylation is 1. The third-order valence-electron chi connectivity index (χ3n) is 4.82. The molecule has 0 unspecified atom stereocenters. The van der Waals surface area contributed by atoms with Gasteiger partial charge >= 0.3 is 0 Å². The van der Waals surface area contributed by atoms with Gasteiger partial charge in [0.05, 0.1) is 4.90 Å². The van der Waals surface area contributed by atoms with Crippen LogP contribution in [0.3, 0.4) is 0 Å². The molecule has 0 aliphatic rings. The third-order valence-corrected chi connectivity index (χ3v) is 6.19. The second-order valence-electron chi connectivity index (χ2n) is 7.05. The van der Waals surface area contributed by atoms with Crippen molar-refractivity contribution < 1.29 is 17.9 Å². The maximum absolute atomic E-state index is 12.7. The molecule has 0 aliphatic heterocycles. The number of carbonyl (C=O) groups excluding carboxylic acids is 1. The number of aromatic nitrogens is 1. The number of carbonyl (C=O) groups is 1. The summed E-state index contributed by atoms with van der Waals surface area (Å²) in [5, 5.41) is 2.78. The van der Waals surface area contributed by atoms with Crippen LogP contribution in [-0.4, -0.2) is 25.4 Å². The number of anilines is 2. The predicted octanol–water partition coefficient (Wildman–Crippen LogP) is 4.30. The Hall–Kier alpha value is -3.39. The lowest BCUT2D eigenvalue weighted by Gasteiger charge is -2.19. The number of rotatable bonds is 8. The van der Waals surface area contributed by atoms with E-state index >= 15 is 0 Å². The van der Waals surface area contributed by atoms with Gasteiger partial charge in [-0.2, -0.15) is 0 Å². The molecule has 0 spiro atoms. The number of nitrogens with zero attached hydrogens (tertiary/aromatic N) is 1. The Morgan fingerprint density at radius 3 is 2.42 bits per heavy atom. The molecule has 0 saturated heterocycles. The average Bonchev–Trinajstić information content (AvgIpc) is 2.75. The molecule has 7 nitrogen and oxygen atoms in total. The van der Waals surface area contributed by atoms with E-state index in [9.17, 15) is 13.2 Å². The molecular formula is C23H25N3O4S. The summed E-state index contributed by atoms with van der Waals surface area (Å²) >= 11 is 0. The first-order valence-corrected chi connectivity index (χ1v) is 11.4. The van der Waals surface area contributed by atoms with E-state index in [1.54, 1.807) is 18.2 Å². The van der Waals surface area contributed by atoms with Crippen LogP contribution in [-0.2, 0) is 14.8 Å². The van der Waals surface area contributed by atoms with Gasteiger partial charge in [-0.3, -0.25) is 9.52 Å². The smallest absolute Gasteiger partial charge is 0.265 e. The van der Waals surface area contributed by atoms with Gasteiger partial charge in [-0.05, 0) is 73.9 Å². The second kappa shape index (κ2) is 9.61. The van der Waals surface area contributed by atoms with Crippen LogP contribution in [0.5, 0.6) is 5.75 Å². The highest BCUT2D eigenvalue weighted by Crippen LogP contribution is 2.23. The zero-order valence-corrected chi connectivity index (χ0v) is 18.4. The molecule has 2 N–H and O–H groups in total. The molecule has 3 rings (SSSR count). The van der Waals surface area contributed by atoms with Crippen molar-refractivity contribution in [1.82, 2.24) is 4.98 Å². The van der Waals surface area contributed by atoms with Gasteiger partial charge in [-0.15, -0.1) is 0 Å². The summed E-state index contributed by atoms with van der Waals surface area (Å²) in [4.78, 5) is 16.7. The first kappa shape index (κ1) is 22.3. The molecule has 2 aromatic carbocycles. The Bertz CT molecular complexity index is 1150. The van der Waals surface area contributed by atoms with Crippen LogP contribution >= 0.6 is 0 Å². The quantitative estimate of drug-likeness (QED) is 0.546. The van der Waals surface area contributed by atoms with Crippen molar-refractivity contribution in [2.75, 3.05) is 10.0 Å². The van der Waals surface area contributed by atoms with Crippen molar-refractivity contribution in [3.8, 4) is 5.75 Å². The lowest BCUT2D eigenvalue weighted by molar-refractivity contribution is -0.122. The van der Waals surface area contributed by atoms with Gasteiger partial charge in [-0.25, -0.2) is 13.4 Å². The van der Waals surface area contributed by atoms with Crippen molar-refractivity contribution in [2.24, 2.45) is 0 Å². The standard InChI is InChI=1S/C23H25N3O4S/c1-4-20(30-21-9-7-8-16(2)17(21)3)23(27)25-18-11-13-19(14-12-18)31(28,29)26-22-10-5-6-15-24-22/h5-15,20H,4H2,1-3H3,(H,24,26)(H,25,27)/t20-/m1/s1. The lowest BCUT2D eigenvalue weighted by Crippen LogP contribution is -2.32. The van der Waals surface area contributed by atoms with E-state index in [1.165, 1.54) is 30.5 Å². The predicted molar refractivity (Wildman–Crippen MR) is 121 cm³/mol. The number of nitrogens with one attached hydrogen (secondary N) is 2. The second-order valence-corrected chi connectivity index (χ2v) is 8.73. The number of amides is 1. The SMILES string of the molecule is CC[C@@H](Oc1cccc(C)c1C)C(=O)Nc1ccc(S(=O)(=O)Nc2ccccn2)cc1. The molecule has 162 valence electrons. The molecule has 1 atom stereocenters. The number of hydrogen-bond donors (Lipinski definition) is 2. The van der Waals surface area contributed by atoms with E-state index in [0.29, 0.717) is 17.9 Å².